The molecule has 2 unspecified atom stereocenters. The monoisotopic (exact) mass is 468 g/mol. The largest absolute Gasteiger partial charge is 0.378 e. The van der Waals surface area contributed by atoms with Gasteiger partial charge in [0, 0.05) is 43.1 Å². The number of amides is 2. The molecule has 1 heterocycles. The van der Waals surface area contributed by atoms with Crippen molar-refractivity contribution in [3.05, 3.63) is 59.9 Å². The molecule has 1 saturated carbocycles. The molecule has 0 aliphatic heterocycles. The van der Waals surface area contributed by atoms with Gasteiger partial charge >= 0.3 is 0 Å². The molecule has 2 amide bonds. The Labute approximate surface area is 195 Å². The fourth-order valence-corrected chi connectivity index (χ4v) is 3.57. The van der Waals surface area contributed by atoms with Gasteiger partial charge in [0.25, 0.3) is 5.91 Å². The van der Waals surface area contributed by atoms with Gasteiger partial charge in [-0.05, 0) is 36.8 Å². The zero-order chi connectivity index (χ0) is 21.1. The van der Waals surface area contributed by atoms with Gasteiger partial charge < -0.3 is 21.1 Å². The maximum atomic E-state index is 12.7. The van der Waals surface area contributed by atoms with Crippen LogP contribution in [0.25, 0.3) is 0 Å². The number of carbonyl (C=O) groups excluding carboxylic acids is 2. The van der Waals surface area contributed by atoms with Gasteiger partial charge in [0.1, 0.15) is 5.54 Å². The maximum Gasteiger partial charge on any atom is 0.257 e. The summed E-state index contributed by atoms with van der Waals surface area (Å²) < 4.78 is 5.68. The summed E-state index contributed by atoms with van der Waals surface area (Å²) in [6.45, 7) is 6.85. The first kappa shape index (κ1) is 26.8. The summed E-state index contributed by atoms with van der Waals surface area (Å²) >= 11 is 0. The van der Waals surface area contributed by atoms with Gasteiger partial charge in [-0.1, -0.05) is 26.0 Å². The Morgan fingerprint density at radius 3 is 2.42 bits per heavy atom. The van der Waals surface area contributed by atoms with E-state index in [4.69, 9.17) is 10.5 Å². The Balaban J connectivity index is 0.00000240. The molecular formula is C22H30Cl2N4O3. The third kappa shape index (κ3) is 5.54. The number of rotatable bonds is 7. The van der Waals surface area contributed by atoms with E-state index in [1.165, 1.54) is 6.20 Å². The summed E-state index contributed by atoms with van der Waals surface area (Å²) in [6, 6.07) is 10.7. The van der Waals surface area contributed by atoms with Crippen molar-refractivity contribution in [1.82, 2.24) is 10.3 Å². The molecule has 1 aliphatic carbocycles. The number of benzene rings is 1. The molecule has 0 saturated heterocycles. The number of nitrogens with zero attached hydrogens (tertiary/aromatic N) is 1. The fourth-order valence-electron chi connectivity index (χ4n) is 3.57. The third-order valence-corrected chi connectivity index (χ3v) is 5.82. The highest BCUT2D eigenvalue weighted by Gasteiger charge is 2.62. The fraction of sp³-hybridized carbons (Fsp3) is 0.409. The van der Waals surface area contributed by atoms with Gasteiger partial charge in [-0.15, -0.1) is 24.8 Å². The van der Waals surface area contributed by atoms with Crippen LogP contribution in [0.15, 0.2) is 48.8 Å². The minimum Gasteiger partial charge on any atom is -0.378 e. The van der Waals surface area contributed by atoms with E-state index in [0.717, 1.165) is 5.56 Å². The van der Waals surface area contributed by atoms with Crippen molar-refractivity contribution >= 4 is 42.3 Å². The van der Waals surface area contributed by atoms with Crippen molar-refractivity contribution in [1.29, 1.82) is 0 Å². The number of nitrogens with one attached hydrogen (secondary N) is 2. The summed E-state index contributed by atoms with van der Waals surface area (Å²) in [5, 5.41) is 5.75. The molecule has 1 aromatic heterocycles. The van der Waals surface area contributed by atoms with Gasteiger partial charge in [-0.3, -0.25) is 14.6 Å². The molecule has 9 heteroatoms. The molecule has 0 bridgehead atoms. The van der Waals surface area contributed by atoms with Crippen molar-refractivity contribution in [2.24, 2.45) is 11.1 Å². The van der Waals surface area contributed by atoms with E-state index >= 15 is 0 Å². The van der Waals surface area contributed by atoms with Gasteiger partial charge in [0.05, 0.1) is 11.7 Å². The molecule has 3 rings (SSSR count). The Hall–Kier alpha value is -2.19. The summed E-state index contributed by atoms with van der Waals surface area (Å²) in [7, 11) is 0. The third-order valence-electron chi connectivity index (χ3n) is 5.82. The SMILES string of the molecule is CCOC1CC(N)(C(=O)NCc2ccc(NC(=O)c3cccnc3)cc2)C1(C)C.Cl.Cl. The lowest BCUT2D eigenvalue weighted by Gasteiger charge is -2.57. The Kier molecular flexibility index (Phi) is 9.44. The maximum absolute atomic E-state index is 12.7. The molecule has 0 radical (unpaired) electrons. The number of pyridine rings is 1. The van der Waals surface area contributed by atoms with Gasteiger partial charge in [-0.2, -0.15) is 0 Å². The lowest BCUT2D eigenvalue weighted by Crippen LogP contribution is -2.75. The summed E-state index contributed by atoms with van der Waals surface area (Å²) in [4.78, 5) is 28.8. The van der Waals surface area contributed by atoms with Crippen molar-refractivity contribution < 1.29 is 14.3 Å². The number of nitrogens with two attached hydrogens (primary N) is 1. The minimum atomic E-state index is -0.940. The molecule has 1 aromatic carbocycles. The highest BCUT2D eigenvalue weighted by Crippen LogP contribution is 2.49. The van der Waals surface area contributed by atoms with Crippen LogP contribution in [0.4, 0.5) is 5.69 Å². The summed E-state index contributed by atoms with van der Waals surface area (Å²) in [5.74, 6) is -0.396. The number of halogens is 2. The van der Waals surface area contributed by atoms with Crippen LogP contribution in [-0.2, 0) is 16.1 Å². The van der Waals surface area contributed by atoms with Crippen LogP contribution in [-0.4, -0.2) is 35.0 Å². The molecule has 1 fully saturated rings. The molecule has 170 valence electrons. The van der Waals surface area contributed by atoms with Crippen LogP contribution < -0.4 is 16.4 Å². The van der Waals surface area contributed by atoms with Gasteiger partial charge in [0.15, 0.2) is 0 Å². The van der Waals surface area contributed by atoms with Crippen LogP contribution in [0.1, 0.15) is 43.1 Å². The molecule has 1 aliphatic rings. The van der Waals surface area contributed by atoms with Crippen LogP contribution in [0.2, 0.25) is 0 Å². The highest BCUT2D eigenvalue weighted by atomic mass is 35.5. The second-order valence-electron chi connectivity index (χ2n) is 7.92. The first-order chi connectivity index (χ1) is 13.8. The predicted molar refractivity (Wildman–Crippen MR) is 126 cm³/mol. The number of anilines is 1. The van der Waals surface area contributed by atoms with E-state index in [1.54, 1.807) is 30.5 Å². The number of carbonyl (C=O) groups is 2. The Morgan fingerprint density at radius 2 is 1.87 bits per heavy atom. The van der Waals surface area contributed by atoms with E-state index in [2.05, 4.69) is 15.6 Å². The second kappa shape index (κ2) is 10.9. The van der Waals surface area contributed by atoms with E-state index in [-0.39, 0.29) is 42.7 Å². The number of ether oxygens (including phenoxy) is 1. The predicted octanol–water partition coefficient (Wildman–Crippen LogP) is 3.33. The van der Waals surface area contributed by atoms with Crippen molar-refractivity contribution in [2.45, 2.75) is 45.4 Å². The van der Waals surface area contributed by atoms with Gasteiger partial charge in [-0.25, -0.2) is 0 Å². The van der Waals surface area contributed by atoms with E-state index < -0.39 is 11.0 Å². The van der Waals surface area contributed by atoms with Crippen molar-refractivity contribution in [2.75, 3.05) is 11.9 Å². The molecule has 4 N–H and O–H groups in total. The van der Waals surface area contributed by atoms with E-state index in [9.17, 15) is 9.59 Å². The lowest BCUT2D eigenvalue weighted by atomic mass is 9.54. The summed E-state index contributed by atoms with van der Waals surface area (Å²) in [6.07, 6.45) is 3.64. The van der Waals surface area contributed by atoms with Crippen molar-refractivity contribution in [3.63, 3.8) is 0 Å². The Morgan fingerprint density at radius 1 is 1.19 bits per heavy atom. The Bertz CT molecular complexity index is 878. The van der Waals surface area contributed by atoms with E-state index in [0.29, 0.717) is 30.8 Å². The topological polar surface area (TPSA) is 106 Å². The van der Waals surface area contributed by atoms with Gasteiger partial charge in [0.2, 0.25) is 5.91 Å². The highest BCUT2D eigenvalue weighted by molar-refractivity contribution is 6.04. The molecular weight excluding hydrogens is 439 g/mol. The lowest BCUT2D eigenvalue weighted by molar-refractivity contribution is -0.170. The van der Waals surface area contributed by atoms with Crippen molar-refractivity contribution in [3.8, 4) is 0 Å². The zero-order valence-corrected chi connectivity index (χ0v) is 19.5. The van der Waals surface area contributed by atoms with Crippen LogP contribution in [0.3, 0.4) is 0 Å². The number of hydrogen-bond donors (Lipinski definition) is 3. The molecule has 2 aromatic rings. The van der Waals surface area contributed by atoms with Crippen LogP contribution in [0.5, 0.6) is 0 Å². The second-order valence-corrected chi connectivity index (χ2v) is 7.92. The molecule has 0 spiro atoms. The molecule has 31 heavy (non-hydrogen) atoms. The number of hydrogen-bond acceptors (Lipinski definition) is 5. The standard InChI is InChI=1S/C22H28N4O3.2ClH/c1-4-29-18-12-22(23,21(18,2)3)20(28)25-13-15-7-9-17(10-8-15)26-19(27)16-6-5-11-24-14-16;;/h5-11,14,18H,4,12-13,23H2,1-3H3,(H,25,28)(H,26,27);2*1H. The first-order valence-corrected chi connectivity index (χ1v) is 9.77. The average molecular weight is 469 g/mol. The van der Waals surface area contributed by atoms with E-state index in [1.807, 2.05) is 32.9 Å². The summed E-state index contributed by atoms with van der Waals surface area (Å²) in [5.41, 5.74) is 7.11. The quantitative estimate of drug-likeness (QED) is 0.577. The van der Waals surface area contributed by atoms with Crippen LogP contribution >= 0.6 is 24.8 Å². The zero-order valence-electron chi connectivity index (χ0n) is 17.9. The molecule has 2 atom stereocenters. The average Bonchev–Trinajstić information content (AvgIpc) is 2.73. The first-order valence-electron chi connectivity index (χ1n) is 9.77. The smallest absolute Gasteiger partial charge is 0.257 e. The number of aromatic nitrogens is 1. The minimum absolute atomic E-state index is 0. The normalized spacial score (nSPS) is 21.0. The molecule has 7 nitrogen and oxygen atoms in total. The van der Waals surface area contributed by atoms with Crippen LogP contribution in [0, 0.1) is 5.41 Å².